The molecule has 0 bridgehead atoms. The van der Waals surface area contributed by atoms with E-state index in [0.29, 0.717) is 0 Å². The molecule has 0 radical (unpaired) electrons. The van der Waals surface area contributed by atoms with Gasteiger partial charge in [-0.15, -0.1) is 0 Å². The number of rotatable bonds is 6. The van der Waals surface area contributed by atoms with Crippen LogP contribution in [0.1, 0.15) is 25.8 Å². The number of hydrogen-bond donors (Lipinski definition) is 1. The number of nitrogens with zero attached hydrogens (tertiary/aromatic N) is 2. The Kier molecular flexibility index (Phi) is 4.53. The maximum absolute atomic E-state index is 4.41. The van der Waals surface area contributed by atoms with Crippen LogP contribution in [0.25, 0.3) is 11.4 Å². The fourth-order valence-electron chi connectivity index (χ4n) is 2.01. The van der Waals surface area contributed by atoms with Crippen LogP contribution in [0.5, 0.6) is 0 Å². The van der Waals surface area contributed by atoms with Gasteiger partial charge in [0.2, 0.25) is 0 Å². The zero-order valence-electron chi connectivity index (χ0n) is 11.2. The smallest absolute Gasteiger partial charge is 0.139 e. The molecule has 0 aliphatic rings. The predicted octanol–water partition coefficient (Wildman–Crippen LogP) is 3.07. The largest absolute Gasteiger partial charge is 0.331 e. The number of imidazole rings is 1. The van der Waals surface area contributed by atoms with Gasteiger partial charge in [0.05, 0.1) is 0 Å². The van der Waals surface area contributed by atoms with E-state index in [9.17, 15) is 0 Å². The number of aryl methyl sites for hydroxylation is 1. The quantitative estimate of drug-likeness (QED) is 0.790. The van der Waals surface area contributed by atoms with Gasteiger partial charge in [-0.05, 0) is 25.5 Å². The Morgan fingerprint density at radius 2 is 1.94 bits per heavy atom. The number of hydrogen-bond acceptors (Lipinski definition) is 2. The molecule has 1 heterocycles. The van der Waals surface area contributed by atoms with Gasteiger partial charge in [0.15, 0.2) is 0 Å². The van der Waals surface area contributed by atoms with Crippen LogP contribution in [0, 0.1) is 0 Å². The van der Waals surface area contributed by atoms with E-state index in [-0.39, 0.29) is 0 Å². The molecule has 1 aromatic heterocycles. The molecule has 3 heteroatoms. The molecule has 3 nitrogen and oxygen atoms in total. The lowest BCUT2D eigenvalue weighted by Gasteiger charge is -2.07. The van der Waals surface area contributed by atoms with Crippen molar-refractivity contribution in [1.29, 1.82) is 0 Å². The molecule has 0 saturated heterocycles. The molecule has 0 aliphatic heterocycles. The minimum atomic E-state index is 0.941. The van der Waals surface area contributed by atoms with Crippen molar-refractivity contribution in [1.82, 2.24) is 14.9 Å². The molecule has 18 heavy (non-hydrogen) atoms. The van der Waals surface area contributed by atoms with Crippen LogP contribution in [-0.2, 0) is 13.1 Å². The maximum atomic E-state index is 4.41. The number of benzene rings is 1. The van der Waals surface area contributed by atoms with Crippen molar-refractivity contribution in [2.45, 2.75) is 33.4 Å². The van der Waals surface area contributed by atoms with Crippen LogP contribution in [0.3, 0.4) is 0 Å². The topological polar surface area (TPSA) is 29.9 Å². The third-order valence-corrected chi connectivity index (χ3v) is 3.02. The van der Waals surface area contributed by atoms with Crippen molar-refractivity contribution >= 4 is 0 Å². The standard InChI is InChI=1S/C15H21N3/c1-3-9-16-12-13-5-7-14(8-6-13)15-17-10-11-18(15)4-2/h5-8,10-11,16H,3-4,9,12H2,1-2H3. The highest BCUT2D eigenvalue weighted by Crippen LogP contribution is 2.18. The average Bonchev–Trinajstić information content (AvgIpc) is 2.88. The molecule has 0 atom stereocenters. The first kappa shape index (κ1) is 12.8. The van der Waals surface area contributed by atoms with Gasteiger partial charge < -0.3 is 9.88 Å². The summed E-state index contributed by atoms with van der Waals surface area (Å²) in [7, 11) is 0. The third kappa shape index (κ3) is 2.99. The van der Waals surface area contributed by atoms with Crippen molar-refractivity contribution < 1.29 is 0 Å². The van der Waals surface area contributed by atoms with Gasteiger partial charge in [0, 0.05) is 31.0 Å². The highest BCUT2D eigenvalue weighted by molar-refractivity contribution is 5.56. The fourth-order valence-corrected chi connectivity index (χ4v) is 2.01. The van der Waals surface area contributed by atoms with E-state index in [0.717, 1.165) is 25.5 Å². The summed E-state index contributed by atoms with van der Waals surface area (Å²) in [6, 6.07) is 8.65. The molecule has 0 aliphatic carbocycles. The van der Waals surface area contributed by atoms with Gasteiger partial charge in [0.1, 0.15) is 5.82 Å². The van der Waals surface area contributed by atoms with Crippen LogP contribution in [0.15, 0.2) is 36.7 Å². The Bertz CT molecular complexity index is 471. The Balaban J connectivity index is 2.07. The highest BCUT2D eigenvalue weighted by Gasteiger charge is 2.04. The first-order valence-electron chi connectivity index (χ1n) is 6.66. The molecule has 2 aromatic rings. The lowest BCUT2D eigenvalue weighted by atomic mass is 10.1. The zero-order valence-corrected chi connectivity index (χ0v) is 11.2. The number of aromatic nitrogens is 2. The van der Waals surface area contributed by atoms with Crippen molar-refractivity contribution in [3.63, 3.8) is 0 Å². The summed E-state index contributed by atoms with van der Waals surface area (Å²) in [5.41, 5.74) is 2.50. The second kappa shape index (κ2) is 6.36. The van der Waals surface area contributed by atoms with Gasteiger partial charge >= 0.3 is 0 Å². The Morgan fingerprint density at radius 1 is 1.17 bits per heavy atom. The Hall–Kier alpha value is -1.61. The summed E-state index contributed by atoms with van der Waals surface area (Å²) in [6.45, 7) is 7.28. The summed E-state index contributed by atoms with van der Waals surface area (Å²) in [6.07, 6.45) is 5.05. The molecular formula is C15H21N3. The summed E-state index contributed by atoms with van der Waals surface area (Å²) in [4.78, 5) is 4.41. The summed E-state index contributed by atoms with van der Waals surface area (Å²) in [5.74, 6) is 1.05. The Morgan fingerprint density at radius 3 is 2.61 bits per heavy atom. The van der Waals surface area contributed by atoms with E-state index < -0.39 is 0 Å². The lowest BCUT2D eigenvalue weighted by Crippen LogP contribution is -2.13. The molecule has 1 N–H and O–H groups in total. The lowest BCUT2D eigenvalue weighted by molar-refractivity contribution is 0.675. The van der Waals surface area contributed by atoms with Crippen molar-refractivity contribution in [3.8, 4) is 11.4 Å². The van der Waals surface area contributed by atoms with Gasteiger partial charge in [-0.2, -0.15) is 0 Å². The summed E-state index contributed by atoms with van der Waals surface area (Å²) in [5, 5.41) is 3.41. The van der Waals surface area contributed by atoms with Gasteiger partial charge in [-0.1, -0.05) is 31.2 Å². The minimum absolute atomic E-state index is 0.941. The molecule has 0 saturated carbocycles. The first-order chi connectivity index (χ1) is 8.85. The SMILES string of the molecule is CCCNCc1ccc(-c2nccn2CC)cc1. The highest BCUT2D eigenvalue weighted by atomic mass is 15.1. The molecule has 0 fully saturated rings. The number of nitrogens with one attached hydrogen (secondary N) is 1. The average molecular weight is 243 g/mol. The van der Waals surface area contributed by atoms with Gasteiger partial charge in [-0.25, -0.2) is 4.98 Å². The van der Waals surface area contributed by atoms with Crippen LogP contribution in [0.4, 0.5) is 0 Å². The van der Waals surface area contributed by atoms with Crippen LogP contribution in [0.2, 0.25) is 0 Å². The molecule has 2 rings (SSSR count). The molecule has 1 aromatic carbocycles. The zero-order chi connectivity index (χ0) is 12.8. The minimum Gasteiger partial charge on any atom is -0.331 e. The van der Waals surface area contributed by atoms with Gasteiger partial charge in [-0.3, -0.25) is 0 Å². The molecule has 0 spiro atoms. The van der Waals surface area contributed by atoms with Crippen LogP contribution < -0.4 is 5.32 Å². The van der Waals surface area contributed by atoms with E-state index >= 15 is 0 Å². The van der Waals surface area contributed by atoms with E-state index in [2.05, 4.69) is 53.0 Å². The van der Waals surface area contributed by atoms with Crippen LogP contribution in [-0.4, -0.2) is 16.1 Å². The van der Waals surface area contributed by atoms with E-state index in [1.54, 1.807) is 0 Å². The third-order valence-electron chi connectivity index (χ3n) is 3.02. The van der Waals surface area contributed by atoms with Gasteiger partial charge in [0.25, 0.3) is 0 Å². The van der Waals surface area contributed by atoms with E-state index in [4.69, 9.17) is 0 Å². The molecule has 96 valence electrons. The van der Waals surface area contributed by atoms with E-state index in [1.165, 1.54) is 17.5 Å². The predicted molar refractivity (Wildman–Crippen MR) is 75.3 cm³/mol. The molecular weight excluding hydrogens is 222 g/mol. The Labute approximate surface area is 109 Å². The fraction of sp³-hybridized carbons (Fsp3) is 0.400. The second-order valence-electron chi connectivity index (χ2n) is 4.41. The monoisotopic (exact) mass is 243 g/mol. The second-order valence-corrected chi connectivity index (χ2v) is 4.41. The molecule has 0 unspecified atom stereocenters. The van der Waals surface area contributed by atoms with Crippen molar-refractivity contribution in [3.05, 3.63) is 42.2 Å². The molecule has 0 amide bonds. The summed E-state index contributed by atoms with van der Waals surface area (Å²) < 4.78 is 2.16. The van der Waals surface area contributed by atoms with Crippen LogP contribution >= 0.6 is 0 Å². The normalized spacial score (nSPS) is 10.8. The summed E-state index contributed by atoms with van der Waals surface area (Å²) >= 11 is 0. The van der Waals surface area contributed by atoms with E-state index in [1.807, 2.05) is 12.4 Å². The van der Waals surface area contributed by atoms with Crippen molar-refractivity contribution in [2.75, 3.05) is 6.54 Å². The van der Waals surface area contributed by atoms with Crippen molar-refractivity contribution in [2.24, 2.45) is 0 Å². The first-order valence-corrected chi connectivity index (χ1v) is 6.66. The maximum Gasteiger partial charge on any atom is 0.139 e.